The number of nitrogens with zero attached hydrogens (tertiary/aromatic N) is 5. The highest BCUT2D eigenvalue weighted by Gasteiger charge is 2.10. The first-order valence-electron chi connectivity index (χ1n) is 5.64. The Morgan fingerprint density at radius 3 is 2.74 bits per heavy atom. The Balaban J connectivity index is 2.04. The van der Waals surface area contributed by atoms with Gasteiger partial charge in [-0.1, -0.05) is 28.9 Å². The van der Waals surface area contributed by atoms with Gasteiger partial charge in [-0.2, -0.15) is 0 Å². The first-order valence-corrected chi connectivity index (χ1v) is 6.02. The lowest BCUT2D eigenvalue weighted by molar-refractivity contribution is 0.663. The van der Waals surface area contributed by atoms with E-state index in [2.05, 4.69) is 15.3 Å². The summed E-state index contributed by atoms with van der Waals surface area (Å²) < 4.78 is 2.98. The van der Waals surface area contributed by atoms with E-state index >= 15 is 0 Å². The second-order valence-corrected chi connectivity index (χ2v) is 4.64. The van der Waals surface area contributed by atoms with Crippen molar-refractivity contribution in [1.29, 1.82) is 0 Å². The van der Waals surface area contributed by atoms with Crippen molar-refractivity contribution >= 4 is 22.8 Å². The summed E-state index contributed by atoms with van der Waals surface area (Å²) in [5.74, 6) is 0. The second kappa shape index (κ2) is 4.47. The van der Waals surface area contributed by atoms with Gasteiger partial charge in [-0.3, -0.25) is 4.79 Å². The van der Waals surface area contributed by atoms with Gasteiger partial charge in [0, 0.05) is 12.1 Å². The van der Waals surface area contributed by atoms with Crippen molar-refractivity contribution in [3.8, 4) is 0 Å². The molecule has 2 aromatic heterocycles. The largest absolute Gasteiger partial charge is 0.300 e. The molecule has 6 nitrogen and oxygen atoms in total. The van der Waals surface area contributed by atoms with Gasteiger partial charge >= 0.3 is 0 Å². The molecule has 0 radical (unpaired) electrons. The lowest BCUT2D eigenvalue weighted by Gasteiger charge is -2.02. The van der Waals surface area contributed by atoms with E-state index in [1.807, 2.05) is 24.3 Å². The Morgan fingerprint density at radius 1 is 1.26 bits per heavy atom. The van der Waals surface area contributed by atoms with Crippen molar-refractivity contribution in [2.24, 2.45) is 7.05 Å². The molecule has 1 aromatic carbocycles. The second-order valence-electron chi connectivity index (χ2n) is 4.21. The number of halogens is 1. The van der Waals surface area contributed by atoms with E-state index in [9.17, 15) is 4.79 Å². The number of aromatic nitrogens is 5. The van der Waals surface area contributed by atoms with Gasteiger partial charge in [0.1, 0.15) is 0 Å². The number of aryl methyl sites for hydroxylation is 1. The Hall–Kier alpha value is -2.21. The molecule has 3 rings (SSSR count). The third kappa shape index (κ3) is 2.10. The molecule has 0 bridgehead atoms. The van der Waals surface area contributed by atoms with E-state index < -0.39 is 0 Å². The zero-order valence-corrected chi connectivity index (χ0v) is 10.9. The number of hydrogen-bond acceptors (Lipinski definition) is 4. The summed E-state index contributed by atoms with van der Waals surface area (Å²) in [5, 5.41) is 8.54. The van der Waals surface area contributed by atoms with Crippen LogP contribution in [0.15, 0.2) is 35.4 Å². The molecular formula is C12H10ClN5O. The molecule has 0 unspecified atom stereocenters. The third-order valence-electron chi connectivity index (χ3n) is 2.83. The van der Waals surface area contributed by atoms with Crippen molar-refractivity contribution in [1.82, 2.24) is 24.5 Å². The van der Waals surface area contributed by atoms with Crippen molar-refractivity contribution < 1.29 is 0 Å². The van der Waals surface area contributed by atoms with Crippen molar-refractivity contribution in [3.05, 3.63) is 51.5 Å². The SMILES string of the molecule is Cn1cnc2c(nnn2Cc2ccc(Cl)cc2)c1=O. The normalized spacial score (nSPS) is 11.1. The lowest BCUT2D eigenvalue weighted by Crippen LogP contribution is -2.17. The molecule has 0 atom stereocenters. The minimum atomic E-state index is -0.202. The summed E-state index contributed by atoms with van der Waals surface area (Å²) in [7, 11) is 1.63. The predicted octanol–water partition coefficient (Wildman–Crippen LogP) is 1.23. The average Bonchev–Trinajstić information content (AvgIpc) is 2.80. The standard InChI is InChI=1S/C12H10ClN5O/c1-17-7-14-11-10(12(17)19)15-16-18(11)6-8-2-4-9(13)5-3-8/h2-5,7H,6H2,1H3. The molecule has 0 fully saturated rings. The third-order valence-corrected chi connectivity index (χ3v) is 3.08. The molecule has 19 heavy (non-hydrogen) atoms. The fraction of sp³-hybridized carbons (Fsp3) is 0.167. The van der Waals surface area contributed by atoms with E-state index in [-0.39, 0.29) is 11.1 Å². The van der Waals surface area contributed by atoms with Crippen LogP contribution in [-0.4, -0.2) is 24.5 Å². The van der Waals surface area contributed by atoms with Crippen molar-refractivity contribution in [3.63, 3.8) is 0 Å². The molecule has 0 aliphatic rings. The maximum atomic E-state index is 11.8. The maximum absolute atomic E-state index is 11.8. The van der Waals surface area contributed by atoms with E-state index in [0.717, 1.165) is 5.56 Å². The summed E-state index contributed by atoms with van der Waals surface area (Å²) in [5.41, 5.74) is 1.57. The number of hydrogen-bond donors (Lipinski definition) is 0. The quantitative estimate of drug-likeness (QED) is 0.705. The molecular weight excluding hydrogens is 266 g/mol. The van der Waals surface area contributed by atoms with Crippen LogP contribution in [0, 0.1) is 0 Å². The van der Waals surface area contributed by atoms with Crippen LogP contribution in [0.2, 0.25) is 5.02 Å². The molecule has 0 saturated carbocycles. The molecule has 7 heteroatoms. The minimum absolute atomic E-state index is 0.202. The fourth-order valence-corrected chi connectivity index (χ4v) is 1.93. The first-order chi connectivity index (χ1) is 9.15. The number of rotatable bonds is 2. The zero-order chi connectivity index (χ0) is 13.4. The van der Waals surface area contributed by atoms with Crippen LogP contribution >= 0.6 is 11.6 Å². The molecule has 2 heterocycles. The smallest absolute Gasteiger partial charge is 0.283 e. The van der Waals surface area contributed by atoms with Gasteiger partial charge in [0.15, 0.2) is 11.2 Å². The lowest BCUT2D eigenvalue weighted by atomic mass is 10.2. The molecule has 0 spiro atoms. The van der Waals surface area contributed by atoms with Crippen LogP contribution in [-0.2, 0) is 13.6 Å². The Bertz CT molecular complexity index is 790. The van der Waals surface area contributed by atoms with Gasteiger partial charge in [-0.25, -0.2) is 9.67 Å². The molecule has 0 aliphatic heterocycles. The number of fused-ring (bicyclic) bond motifs is 1. The monoisotopic (exact) mass is 275 g/mol. The summed E-state index contributed by atoms with van der Waals surface area (Å²) in [4.78, 5) is 16.0. The van der Waals surface area contributed by atoms with E-state index in [4.69, 9.17) is 11.6 Å². The highest BCUT2D eigenvalue weighted by Crippen LogP contribution is 2.11. The molecule has 0 aliphatic carbocycles. The maximum Gasteiger partial charge on any atom is 0.283 e. The molecule has 3 aromatic rings. The van der Waals surface area contributed by atoms with Gasteiger partial charge in [-0.15, -0.1) is 5.10 Å². The minimum Gasteiger partial charge on any atom is -0.300 e. The fourth-order valence-electron chi connectivity index (χ4n) is 1.80. The first kappa shape index (κ1) is 11.9. The van der Waals surface area contributed by atoms with E-state index in [1.54, 1.807) is 11.7 Å². The van der Waals surface area contributed by atoms with E-state index in [1.165, 1.54) is 10.9 Å². The van der Waals surface area contributed by atoms with Gasteiger partial charge < -0.3 is 4.57 Å². The Kier molecular flexibility index (Phi) is 2.79. The molecule has 0 amide bonds. The molecule has 96 valence electrons. The van der Waals surface area contributed by atoms with E-state index in [0.29, 0.717) is 17.2 Å². The molecule has 0 saturated heterocycles. The number of benzene rings is 1. The Labute approximate surface area is 113 Å². The van der Waals surface area contributed by atoms with Gasteiger partial charge in [0.25, 0.3) is 5.56 Å². The van der Waals surface area contributed by atoms with Crippen LogP contribution in [0.25, 0.3) is 11.2 Å². The van der Waals surface area contributed by atoms with Crippen LogP contribution in [0.3, 0.4) is 0 Å². The van der Waals surface area contributed by atoms with Crippen LogP contribution < -0.4 is 5.56 Å². The summed E-state index contributed by atoms with van der Waals surface area (Å²) in [6, 6.07) is 7.42. The highest BCUT2D eigenvalue weighted by molar-refractivity contribution is 6.30. The summed E-state index contributed by atoms with van der Waals surface area (Å²) in [6.45, 7) is 0.494. The topological polar surface area (TPSA) is 65.6 Å². The van der Waals surface area contributed by atoms with Gasteiger partial charge in [-0.05, 0) is 17.7 Å². The van der Waals surface area contributed by atoms with Crippen LogP contribution in [0.5, 0.6) is 0 Å². The summed E-state index contributed by atoms with van der Waals surface area (Å²) in [6.07, 6.45) is 1.46. The van der Waals surface area contributed by atoms with Gasteiger partial charge in [0.2, 0.25) is 0 Å². The summed E-state index contributed by atoms with van der Waals surface area (Å²) >= 11 is 5.84. The van der Waals surface area contributed by atoms with Crippen LogP contribution in [0.4, 0.5) is 0 Å². The predicted molar refractivity (Wildman–Crippen MR) is 71.1 cm³/mol. The van der Waals surface area contributed by atoms with Crippen molar-refractivity contribution in [2.45, 2.75) is 6.54 Å². The average molecular weight is 276 g/mol. The highest BCUT2D eigenvalue weighted by atomic mass is 35.5. The van der Waals surface area contributed by atoms with Gasteiger partial charge in [0.05, 0.1) is 12.9 Å². The molecule has 0 N–H and O–H groups in total. The van der Waals surface area contributed by atoms with Crippen molar-refractivity contribution in [2.75, 3.05) is 0 Å². The Morgan fingerprint density at radius 2 is 2.00 bits per heavy atom. The van der Waals surface area contributed by atoms with Crippen LogP contribution in [0.1, 0.15) is 5.56 Å². The zero-order valence-electron chi connectivity index (χ0n) is 10.1.